The van der Waals surface area contributed by atoms with Crippen LogP contribution in [-0.2, 0) is 16.1 Å². The summed E-state index contributed by atoms with van der Waals surface area (Å²) in [5.41, 5.74) is 4.79. The van der Waals surface area contributed by atoms with Gasteiger partial charge in [0.25, 0.3) is 5.52 Å². The number of hydrogen-bond donors (Lipinski definition) is 4. The number of anilines is 3. The first-order valence-corrected chi connectivity index (χ1v) is 23.3. The Bertz CT molecular complexity index is 3000. The van der Waals surface area contributed by atoms with E-state index in [1.165, 1.54) is 0 Å². The maximum absolute atomic E-state index is 12.6. The number of nitrogens with zero attached hydrogens (tertiary/aromatic N) is 2. The Hall–Kier alpha value is -7.15. The summed E-state index contributed by atoms with van der Waals surface area (Å²) in [6.45, 7) is 3.40. The Kier molecular flexibility index (Phi) is 15.2. The lowest BCUT2D eigenvalue weighted by molar-refractivity contribution is -0.678. The minimum absolute atomic E-state index is 0.212. The summed E-state index contributed by atoms with van der Waals surface area (Å²) in [6, 6.07) is 37.0. The molecular formula is C53H51Cl2N6O6+. The van der Waals surface area contributed by atoms with Crippen molar-refractivity contribution < 1.29 is 32.9 Å². The number of unbranched alkanes of at least 4 members (excludes halogenated alkanes) is 4. The number of carbonyl (C=O) groups is 4. The molecule has 1 aromatic heterocycles. The highest BCUT2D eigenvalue weighted by Crippen LogP contribution is 2.42. The van der Waals surface area contributed by atoms with Crippen molar-refractivity contribution in [3.8, 4) is 5.75 Å². The number of aromatic nitrogens is 1. The molecule has 8 rings (SSSR count). The molecule has 67 heavy (non-hydrogen) atoms. The molecule has 1 aliphatic heterocycles. The predicted molar refractivity (Wildman–Crippen MR) is 266 cm³/mol. The molecule has 1 aliphatic rings. The van der Waals surface area contributed by atoms with E-state index in [0.717, 1.165) is 75.3 Å². The fourth-order valence-electron chi connectivity index (χ4n) is 8.05. The topological polar surface area (TPSA) is 146 Å². The number of ether oxygens (including phenoxy) is 1. The maximum Gasteiger partial charge on any atom is 0.374 e. The highest BCUT2D eigenvalue weighted by atomic mass is 35.5. The van der Waals surface area contributed by atoms with E-state index < -0.39 is 12.1 Å². The zero-order chi connectivity index (χ0) is 46.7. The van der Waals surface area contributed by atoms with Crippen LogP contribution in [0.4, 0.5) is 26.7 Å². The zero-order valence-corrected chi connectivity index (χ0v) is 38.6. The number of imide groups is 2. The van der Waals surface area contributed by atoms with Gasteiger partial charge in [-0.25, -0.2) is 9.59 Å². The summed E-state index contributed by atoms with van der Waals surface area (Å²) >= 11 is 11.9. The van der Waals surface area contributed by atoms with Gasteiger partial charge in [0.15, 0.2) is 12.3 Å². The summed E-state index contributed by atoms with van der Waals surface area (Å²) in [5.74, 6) is 1.48. The van der Waals surface area contributed by atoms with E-state index in [1.54, 1.807) is 48.5 Å². The van der Waals surface area contributed by atoms with Crippen LogP contribution >= 0.6 is 23.2 Å². The molecule has 0 fully saturated rings. The van der Waals surface area contributed by atoms with Gasteiger partial charge < -0.3 is 24.7 Å². The molecule has 14 heteroatoms. The number of oxazole rings is 1. The second-order valence-corrected chi connectivity index (χ2v) is 17.2. The van der Waals surface area contributed by atoms with E-state index in [4.69, 9.17) is 32.4 Å². The molecule has 342 valence electrons. The molecule has 0 atom stereocenters. The average molecular weight is 939 g/mol. The van der Waals surface area contributed by atoms with Gasteiger partial charge in [0.05, 0.1) is 11.8 Å². The summed E-state index contributed by atoms with van der Waals surface area (Å²) in [4.78, 5) is 52.2. The fourth-order valence-corrected chi connectivity index (χ4v) is 8.30. The van der Waals surface area contributed by atoms with Crippen LogP contribution in [-0.4, -0.2) is 30.4 Å². The molecule has 2 heterocycles. The highest BCUT2D eigenvalue weighted by molar-refractivity contribution is 6.31. The van der Waals surface area contributed by atoms with Gasteiger partial charge in [0.2, 0.25) is 23.3 Å². The minimum Gasteiger partial charge on any atom is -0.439 e. The second kappa shape index (κ2) is 21.9. The Labute approximate surface area is 398 Å². The number of allylic oxidation sites excluding steroid dienone is 2. The lowest BCUT2D eigenvalue weighted by Gasteiger charge is -2.19. The number of urea groups is 2. The Morgan fingerprint density at radius 1 is 0.642 bits per heavy atom. The van der Waals surface area contributed by atoms with Gasteiger partial charge in [-0.05, 0) is 126 Å². The number of fused-ring (bicyclic) bond motifs is 4. The van der Waals surface area contributed by atoms with Crippen LogP contribution in [0.25, 0.3) is 38.7 Å². The third kappa shape index (κ3) is 12.2. The number of carbonyl (C=O) groups excluding carboxylic acids is 4. The largest absolute Gasteiger partial charge is 0.439 e. The number of nitrogens with one attached hydrogen (secondary N) is 4. The Morgan fingerprint density at radius 3 is 1.76 bits per heavy atom. The van der Waals surface area contributed by atoms with Crippen LogP contribution in [0.5, 0.6) is 5.75 Å². The monoisotopic (exact) mass is 937 g/mol. The van der Waals surface area contributed by atoms with Gasteiger partial charge in [0, 0.05) is 59.4 Å². The minimum atomic E-state index is -0.585. The third-order valence-electron chi connectivity index (χ3n) is 11.5. The number of benzene rings is 6. The van der Waals surface area contributed by atoms with E-state index in [9.17, 15) is 19.2 Å². The third-order valence-corrected chi connectivity index (χ3v) is 12.0. The van der Waals surface area contributed by atoms with Crippen molar-refractivity contribution in [3.05, 3.63) is 155 Å². The van der Waals surface area contributed by atoms with Crippen LogP contribution in [0.15, 0.2) is 143 Å². The number of rotatable bonds is 17. The van der Waals surface area contributed by atoms with Crippen molar-refractivity contribution in [2.75, 3.05) is 22.1 Å². The normalized spacial score (nSPS) is 12.9. The standard InChI is InChI=1S/C53H50Cl2N6O6/c1-2-35(29-50-60(44-31-36-13-7-9-15-38(36)33-46(44)66-50)27-11-3-5-17-48(62)58-52(64)56-42-23-19-40(54)20-24-42)30-51-61(45-32-37-14-8-10-16-39(37)34-47(45)67-51)28-12-4-6-18-49(63)59-53(65)57-43-25-21-41(55)22-26-43/h7-10,13-16,19-26,29-34H,2-6,11-12,17-18,27-28H2,1H3,(H3-,56,57,58,59,62,63,64,65)/p+1. The van der Waals surface area contributed by atoms with E-state index in [1.807, 2.05) is 24.3 Å². The SMILES string of the molecule is CCC(=Cc1oc2cc3ccccc3cc2[n+]1CCCCCC(=O)NC(=O)Nc1ccc(Cl)cc1)C=C1Oc2cc3ccccc3cc2N1CCCCCC(=O)NC(=O)Nc1ccc(Cl)cc1. The summed E-state index contributed by atoms with van der Waals surface area (Å²) in [6.07, 6.45) is 9.55. The van der Waals surface area contributed by atoms with E-state index in [2.05, 4.69) is 98.3 Å². The van der Waals surface area contributed by atoms with Gasteiger partial charge in [-0.3, -0.25) is 20.2 Å². The molecule has 0 bridgehead atoms. The summed E-state index contributed by atoms with van der Waals surface area (Å²) in [5, 5.41) is 15.6. The quantitative estimate of drug-likeness (QED) is 0.0525. The van der Waals surface area contributed by atoms with Gasteiger partial charge in [-0.15, -0.1) is 0 Å². The molecule has 12 nitrogen and oxygen atoms in total. The molecule has 0 spiro atoms. The number of aryl methyl sites for hydroxylation is 1. The molecule has 0 radical (unpaired) electrons. The molecule has 4 N–H and O–H groups in total. The van der Waals surface area contributed by atoms with Crippen molar-refractivity contribution in [1.82, 2.24) is 10.6 Å². The lowest BCUT2D eigenvalue weighted by Crippen LogP contribution is -2.35. The van der Waals surface area contributed by atoms with E-state index in [0.29, 0.717) is 65.5 Å². The van der Waals surface area contributed by atoms with Gasteiger partial charge in [-0.1, -0.05) is 85.1 Å². The first-order chi connectivity index (χ1) is 32.6. The first-order valence-electron chi connectivity index (χ1n) is 22.6. The van der Waals surface area contributed by atoms with Crippen LogP contribution in [0, 0.1) is 0 Å². The van der Waals surface area contributed by atoms with Gasteiger partial charge in [0.1, 0.15) is 0 Å². The molecule has 6 aromatic carbocycles. The predicted octanol–water partition coefficient (Wildman–Crippen LogP) is 12.7. The van der Waals surface area contributed by atoms with E-state index >= 15 is 0 Å². The van der Waals surface area contributed by atoms with Crippen molar-refractivity contribution in [2.24, 2.45) is 0 Å². The average Bonchev–Trinajstić information content (AvgIpc) is 3.82. The molecular weight excluding hydrogens is 888 g/mol. The van der Waals surface area contributed by atoms with Gasteiger partial charge in [-0.2, -0.15) is 4.57 Å². The Morgan fingerprint density at radius 2 is 1.18 bits per heavy atom. The number of hydrogen-bond acceptors (Lipinski definition) is 7. The van der Waals surface area contributed by atoms with Crippen molar-refractivity contribution in [2.45, 2.75) is 71.3 Å². The smallest absolute Gasteiger partial charge is 0.374 e. The molecule has 0 saturated carbocycles. The molecule has 0 aliphatic carbocycles. The number of amides is 6. The highest BCUT2D eigenvalue weighted by Gasteiger charge is 2.28. The Balaban J connectivity index is 0.949. The number of halogens is 2. The summed E-state index contributed by atoms with van der Waals surface area (Å²) < 4.78 is 15.5. The van der Waals surface area contributed by atoms with Crippen LogP contribution < -0.4 is 35.5 Å². The van der Waals surface area contributed by atoms with Crippen molar-refractivity contribution in [1.29, 1.82) is 0 Å². The van der Waals surface area contributed by atoms with Crippen molar-refractivity contribution >= 4 is 103 Å². The summed E-state index contributed by atoms with van der Waals surface area (Å²) in [7, 11) is 0. The van der Waals surface area contributed by atoms with Crippen LogP contribution in [0.1, 0.15) is 70.6 Å². The lowest BCUT2D eigenvalue weighted by atomic mass is 10.1. The zero-order valence-electron chi connectivity index (χ0n) is 37.1. The second-order valence-electron chi connectivity index (χ2n) is 16.4. The maximum atomic E-state index is 12.6. The molecule has 0 saturated heterocycles. The van der Waals surface area contributed by atoms with Gasteiger partial charge >= 0.3 is 18.0 Å². The molecule has 0 unspecified atom stereocenters. The molecule has 7 aromatic rings. The van der Waals surface area contributed by atoms with Crippen molar-refractivity contribution in [3.63, 3.8) is 0 Å². The van der Waals surface area contributed by atoms with Crippen LogP contribution in [0.3, 0.4) is 0 Å². The molecule has 6 amide bonds. The first kappa shape index (κ1) is 46.4. The van der Waals surface area contributed by atoms with Crippen LogP contribution in [0.2, 0.25) is 10.0 Å². The van der Waals surface area contributed by atoms with E-state index in [-0.39, 0.29) is 24.7 Å². The fraction of sp³-hybridized carbons (Fsp3) is 0.226.